The minimum atomic E-state index is -0.180. The first-order valence-electron chi connectivity index (χ1n) is 6.67. The number of rotatable bonds is 3. The number of para-hydroxylation sites is 1. The fraction of sp³-hybridized carbons (Fsp3) is 0.333. The highest BCUT2D eigenvalue weighted by atomic mass is 35.5. The van der Waals surface area contributed by atoms with Crippen LogP contribution in [0.3, 0.4) is 0 Å². The number of nitrogens with zero attached hydrogens (tertiary/aromatic N) is 1. The van der Waals surface area contributed by atoms with Gasteiger partial charge in [0.1, 0.15) is 0 Å². The summed E-state index contributed by atoms with van der Waals surface area (Å²) in [6.07, 6.45) is 5.30. The molecule has 5 heteroatoms. The summed E-state index contributed by atoms with van der Waals surface area (Å²) in [4.78, 5) is 25.8. The maximum Gasteiger partial charge on any atom is 0.234 e. The van der Waals surface area contributed by atoms with Crippen LogP contribution in [-0.2, 0) is 9.59 Å². The molecule has 3 rings (SSSR count). The van der Waals surface area contributed by atoms with Gasteiger partial charge in [-0.25, -0.2) is 0 Å². The summed E-state index contributed by atoms with van der Waals surface area (Å²) in [7, 11) is 0. The van der Waals surface area contributed by atoms with Gasteiger partial charge in [-0.2, -0.15) is 0 Å². The van der Waals surface area contributed by atoms with Gasteiger partial charge in [-0.15, -0.1) is 0 Å². The van der Waals surface area contributed by atoms with Gasteiger partial charge in [-0.05, 0) is 25.0 Å². The smallest absolute Gasteiger partial charge is 0.234 e. The number of amides is 2. The average molecular weight is 291 g/mol. The SMILES string of the molecule is O=C1[C@H]2CC=CC[C@H]2C(=O)N1CNc1ccccc1Cl. The van der Waals surface area contributed by atoms with Gasteiger partial charge in [0.15, 0.2) is 0 Å². The number of hydrogen-bond donors (Lipinski definition) is 1. The quantitative estimate of drug-likeness (QED) is 0.688. The minimum Gasteiger partial charge on any atom is -0.366 e. The monoisotopic (exact) mass is 290 g/mol. The largest absolute Gasteiger partial charge is 0.366 e. The normalized spacial score (nSPS) is 24.9. The number of anilines is 1. The highest BCUT2D eigenvalue weighted by Gasteiger charge is 2.46. The van der Waals surface area contributed by atoms with Crippen LogP contribution < -0.4 is 5.32 Å². The maximum atomic E-state index is 12.3. The van der Waals surface area contributed by atoms with Crippen molar-refractivity contribution in [2.45, 2.75) is 12.8 Å². The Morgan fingerprint density at radius 2 is 1.70 bits per heavy atom. The molecular formula is C15H15ClN2O2. The second-order valence-electron chi connectivity index (χ2n) is 5.08. The minimum absolute atomic E-state index is 0.0797. The van der Waals surface area contributed by atoms with Crippen LogP contribution in [0, 0.1) is 11.8 Å². The van der Waals surface area contributed by atoms with Crippen molar-refractivity contribution in [1.29, 1.82) is 0 Å². The van der Waals surface area contributed by atoms with E-state index in [2.05, 4.69) is 5.32 Å². The Hall–Kier alpha value is -1.81. The molecule has 20 heavy (non-hydrogen) atoms. The lowest BCUT2D eigenvalue weighted by Gasteiger charge is -2.17. The molecular weight excluding hydrogens is 276 g/mol. The van der Waals surface area contributed by atoms with E-state index in [-0.39, 0.29) is 30.3 Å². The number of benzene rings is 1. The lowest BCUT2D eigenvalue weighted by molar-refractivity contribution is -0.139. The zero-order chi connectivity index (χ0) is 14.1. The van der Waals surface area contributed by atoms with Crippen LogP contribution >= 0.6 is 11.6 Å². The topological polar surface area (TPSA) is 49.4 Å². The Morgan fingerprint density at radius 1 is 1.10 bits per heavy atom. The van der Waals surface area contributed by atoms with Gasteiger partial charge in [0.2, 0.25) is 11.8 Å². The number of imide groups is 1. The molecule has 2 atom stereocenters. The summed E-state index contributed by atoms with van der Waals surface area (Å²) in [6, 6.07) is 7.27. The summed E-state index contributed by atoms with van der Waals surface area (Å²) in [5.41, 5.74) is 0.725. The molecule has 0 aromatic heterocycles. The van der Waals surface area contributed by atoms with E-state index in [1.807, 2.05) is 30.4 Å². The molecule has 1 aromatic rings. The van der Waals surface area contributed by atoms with Crippen molar-refractivity contribution in [2.24, 2.45) is 11.8 Å². The standard InChI is InChI=1S/C15H15ClN2O2/c16-12-7-3-4-8-13(12)17-9-18-14(19)10-5-1-2-6-11(10)15(18)20/h1-4,7-8,10-11,17H,5-6,9H2/t10-,11+. The first kappa shape index (κ1) is 13.2. The Morgan fingerprint density at radius 3 is 2.30 bits per heavy atom. The lowest BCUT2D eigenvalue weighted by atomic mass is 9.85. The highest BCUT2D eigenvalue weighted by molar-refractivity contribution is 6.33. The van der Waals surface area contributed by atoms with Crippen molar-refractivity contribution in [3.63, 3.8) is 0 Å². The van der Waals surface area contributed by atoms with Crippen molar-refractivity contribution in [3.05, 3.63) is 41.4 Å². The Labute approximate surface area is 122 Å². The van der Waals surface area contributed by atoms with Crippen molar-refractivity contribution >= 4 is 29.1 Å². The van der Waals surface area contributed by atoms with E-state index in [4.69, 9.17) is 11.6 Å². The van der Waals surface area contributed by atoms with E-state index in [0.717, 1.165) is 5.69 Å². The van der Waals surface area contributed by atoms with Crippen LogP contribution in [0.2, 0.25) is 5.02 Å². The molecule has 2 aliphatic rings. The van der Waals surface area contributed by atoms with E-state index >= 15 is 0 Å². The van der Waals surface area contributed by atoms with Gasteiger partial charge in [-0.3, -0.25) is 14.5 Å². The number of likely N-dealkylation sites (tertiary alicyclic amines) is 1. The third-order valence-corrected chi connectivity index (χ3v) is 4.23. The van der Waals surface area contributed by atoms with Gasteiger partial charge >= 0.3 is 0 Å². The molecule has 1 saturated heterocycles. The molecule has 0 radical (unpaired) electrons. The van der Waals surface area contributed by atoms with Crippen LogP contribution in [0.25, 0.3) is 0 Å². The number of allylic oxidation sites excluding steroid dienone is 2. The Kier molecular flexibility index (Phi) is 3.49. The molecule has 1 aliphatic carbocycles. The van der Waals surface area contributed by atoms with E-state index in [1.54, 1.807) is 6.07 Å². The van der Waals surface area contributed by atoms with Crippen LogP contribution in [0.5, 0.6) is 0 Å². The van der Waals surface area contributed by atoms with Gasteiger partial charge in [-0.1, -0.05) is 35.9 Å². The molecule has 0 spiro atoms. The third kappa shape index (κ3) is 2.20. The highest BCUT2D eigenvalue weighted by Crippen LogP contribution is 2.35. The van der Waals surface area contributed by atoms with Crippen molar-refractivity contribution < 1.29 is 9.59 Å². The number of halogens is 1. The van der Waals surface area contributed by atoms with E-state index in [9.17, 15) is 9.59 Å². The zero-order valence-electron chi connectivity index (χ0n) is 10.9. The third-order valence-electron chi connectivity index (χ3n) is 3.90. The van der Waals surface area contributed by atoms with E-state index < -0.39 is 0 Å². The molecule has 0 unspecified atom stereocenters. The summed E-state index contributed by atoms with van der Waals surface area (Å²) < 4.78 is 0. The maximum absolute atomic E-state index is 12.3. The molecule has 1 heterocycles. The first-order valence-corrected chi connectivity index (χ1v) is 7.05. The molecule has 4 nitrogen and oxygen atoms in total. The van der Waals surface area contributed by atoms with Crippen molar-refractivity contribution in [1.82, 2.24) is 4.90 Å². The number of carbonyl (C=O) groups is 2. The van der Waals surface area contributed by atoms with Crippen molar-refractivity contribution in [3.8, 4) is 0 Å². The van der Waals surface area contributed by atoms with Gasteiger partial charge in [0.05, 0.1) is 29.2 Å². The molecule has 1 N–H and O–H groups in total. The fourth-order valence-electron chi connectivity index (χ4n) is 2.79. The van der Waals surface area contributed by atoms with E-state index in [0.29, 0.717) is 17.9 Å². The summed E-state index contributed by atoms with van der Waals surface area (Å²) >= 11 is 6.04. The molecule has 104 valence electrons. The van der Waals surface area contributed by atoms with Crippen LogP contribution in [0.15, 0.2) is 36.4 Å². The fourth-order valence-corrected chi connectivity index (χ4v) is 3.00. The van der Waals surface area contributed by atoms with Crippen LogP contribution in [0.4, 0.5) is 5.69 Å². The number of carbonyl (C=O) groups excluding carboxylic acids is 2. The molecule has 0 saturated carbocycles. The van der Waals surface area contributed by atoms with Crippen molar-refractivity contribution in [2.75, 3.05) is 12.0 Å². The second-order valence-corrected chi connectivity index (χ2v) is 5.48. The molecule has 2 amide bonds. The lowest BCUT2D eigenvalue weighted by Crippen LogP contribution is -2.35. The van der Waals surface area contributed by atoms with Gasteiger partial charge in [0.25, 0.3) is 0 Å². The molecule has 1 aliphatic heterocycles. The van der Waals surface area contributed by atoms with E-state index in [1.165, 1.54) is 4.90 Å². The van der Waals surface area contributed by atoms with Crippen LogP contribution in [0.1, 0.15) is 12.8 Å². The second kappa shape index (κ2) is 5.29. The Bertz CT molecular complexity index is 559. The van der Waals surface area contributed by atoms with Crippen LogP contribution in [-0.4, -0.2) is 23.4 Å². The Balaban J connectivity index is 1.71. The summed E-state index contributed by atoms with van der Waals surface area (Å²) in [6.45, 7) is 0.175. The average Bonchev–Trinajstić information content (AvgIpc) is 2.71. The van der Waals surface area contributed by atoms with Gasteiger partial charge < -0.3 is 5.32 Å². The van der Waals surface area contributed by atoms with Gasteiger partial charge in [0, 0.05) is 0 Å². The zero-order valence-corrected chi connectivity index (χ0v) is 11.6. The first-order chi connectivity index (χ1) is 9.68. The molecule has 1 aromatic carbocycles. The summed E-state index contributed by atoms with van der Waals surface area (Å²) in [5.74, 6) is -0.520. The molecule has 0 bridgehead atoms. The predicted molar refractivity (Wildman–Crippen MR) is 77.1 cm³/mol. The number of nitrogens with one attached hydrogen (secondary N) is 1. The molecule has 1 fully saturated rings. The summed E-state index contributed by atoms with van der Waals surface area (Å²) in [5, 5.41) is 3.63. The number of fused-ring (bicyclic) bond motifs is 1. The number of hydrogen-bond acceptors (Lipinski definition) is 3. The predicted octanol–water partition coefficient (Wildman–Crippen LogP) is 2.66.